The van der Waals surface area contributed by atoms with Gasteiger partial charge in [-0.05, 0) is 68.2 Å². The largest absolute Gasteiger partial charge is 0.381 e. The maximum absolute atomic E-state index is 14.0. The number of alkyl halides is 2. The van der Waals surface area contributed by atoms with Gasteiger partial charge in [-0.2, -0.15) is 0 Å². The molecule has 2 saturated heterocycles. The lowest BCUT2D eigenvalue weighted by atomic mass is 9.83. The van der Waals surface area contributed by atoms with Gasteiger partial charge < -0.3 is 15.0 Å². The van der Waals surface area contributed by atoms with E-state index in [1.54, 1.807) is 6.20 Å². The first kappa shape index (κ1) is 22.9. The molecule has 0 atom stereocenters. The molecule has 2 aromatic rings. The van der Waals surface area contributed by atoms with E-state index in [0.29, 0.717) is 12.5 Å². The number of carbonyl (C=O) groups is 1. The Morgan fingerprint density at radius 3 is 2.57 bits per heavy atom. The molecule has 1 aromatic heterocycles. The number of halogens is 2. The van der Waals surface area contributed by atoms with E-state index >= 15 is 0 Å². The van der Waals surface area contributed by atoms with Crippen LogP contribution in [0, 0.1) is 5.92 Å². The van der Waals surface area contributed by atoms with Crippen LogP contribution in [0.5, 0.6) is 0 Å². The van der Waals surface area contributed by atoms with E-state index in [9.17, 15) is 13.6 Å². The Morgan fingerprint density at radius 1 is 1.06 bits per heavy atom. The van der Waals surface area contributed by atoms with Gasteiger partial charge in [0, 0.05) is 36.9 Å². The van der Waals surface area contributed by atoms with Crippen molar-refractivity contribution in [3.8, 4) is 0 Å². The number of nitrogens with zero attached hydrogens (tertiary/aromatic N) is 3. The fourth-order valence-corrected chi connectivity index (χ4v) is 6.14. The summed E-state index contributed by atoms with van der Waals surface area (Å²) in [6.45, 7) is 1.73. The second-order valence-electron chi connectivity index (χ2n) is 10.5. The first-order valence-corrected chi connectivity index (χ1v) is 12.8. The first-order chi connectivity index (χ1) is 17.0. The second kappa shape index (κ2) is 9.13. The summed E-state index contributed by atoms with van der Waals surface area (Å²) in [5.74, 6) is -1.30. The van der Waals surface area contributed by atoms with Gasteiger partial charge in [-0.15, -0.1) is 0 Å². The van der Waals surface area contributed by atoms with Crippen molar-refractivity contribution in [3.05, 3.63) is 47.7 Å². The SMILES string of the molecule is O=C([C@H]1CC[C@@H](N2CC(F)(F)C2)CC1)N1Cc2cccnc2Nc2ccc(C3CCOCC3)cc21. The van der Waals surface area contributed by atoms with Gasteiger partial charge in [0.2, 0.25) is 5.91 Å². The Hall–Kier alpha value is -2.58. The monoisotopic (exact) mass is 482 g/mol. The Balaban J connectivity index is 1.25. The van der Waals surface area contributed by atoms with Crippen LogP contribution in [0.4, 0.5) is 26.0 Å². The van der Waals surface area contributed by atoms with E-state index < -0.39 is 5.92 Å². The van der Waals surface area contributed by atoms with E-state index in [2.05, 4.69) is 28.5 Å². The quantitative estimate of drug-likeness (QED) is 0.662. The molecular weight excluding hydrogens is 450 g/mol. The summed E-state index contributed by atoms with van der Waals surface area (Å²) in [4.78, 5) is 22.3. The van der Waals surface area contributed by atoms with Crippen molar-refractivity contribution in [3.63, 3.8) is 0 Å². The third kappa shape index (κ3) is 4.54. The van der Waals surface area contributed by atoms with Crippen LogP contribution in [-0.4, -0.2) is 54.1 Å². The lowest BCUT2D eigenvalue weighted by Gasteiger charge is -2.46. The van der Waals surface area contributed by atoms with Gasteiger partial charge in [-0.1, -0.05) is 12.1 Å². The van der Waals surface area contributed by atoms with Crippen LogP contribution in [0.3, 0.4) is 0 Å². The van der Waals surface area contributed by atoms with Crippen molar-refractivity contribution in [2.75, 3.05) is 36.5 Å². The third-order valence-corrected chi connectivity index (χ3v) is 8.18. The minimum Gasteiger partial charge on any atom is -0.381 e. The maximum Gasteiger partial charge on any atom is 0.272 e. The minimum atomic E-state index is -2.54. The van der Waals surface area contributed by atoms with Crippen LogP contribution in [0.15, 0.2) is 36.5 Å². The molecule has 0 spiro atoms. The molecule has 1 aromatic carbocycles. The van der Waals surface area contributed by atoms with Gasteiger partial charge in [0.05, 0.1) is 31.0 Å². The van der Waals surface area contributed by atoms with E-state index in [1.165, 1.54) is 5.56 Å². The van der Waals surface area contributed by atoms with Crippen molar-refractivity contribution >= 4 is 23.1 Å². The number of hydrogen-bond acceptors (Lipinski definition) is 5. The molecule has 4 aliphatic rings. The molecule has 4 heterocycles. The predicted octanol–water partition coefficient (Wildman–Crippen LogP) is 5.08. The topological polar surface area (TPSA) is 57.7 Å². The lowest BCUT2D eigenvalue weighted by Crippen LogP contribution is -2.60. The summed E-state index contributed by atoms with van der Waals surface area (Å²) in [7, 11) is 0. The zero-order valence-corrected chi connectivity index (χ0v) is 19.9. The molecule has 0 unspecified atom stereocenters. The summed E-state index contributed by atoms with van der Waals surface area (Å²) >= 11 is 0. The molecule has 35 heavy (non-hydrogen) atoms. The summed E-state index contributed by atoms with van der Waals surface area (Å²) in [5, 5.41) is 3.46. The molecule has 186 valence electrons. The van der Waals surface area contributed by atoms with Gasteiger partial charge in [-0.3, -0.25) is 9.69 Å². The number of amides is 1. The number of carbonyl (C=O) groups excluding carboxylic acids is 1. The van der Waals surface area contributed by atoms with E-state index in [0.717, 1.165) is 74.5 Å². The molecule has 6 nitrogen and oxygen atoms in total. The summed E-state index contributed by atoms with van der Waals surface area (Å²) in [6, 6.07) is 10.5. The zero-order chi connectivity index (χ0) is 24.0. The maximum atomic E-state index is 14.0. The number of hydrogen-bond donors (Lipinski definition) is 1. The molecule has 3 aliphatic heterocycles. The molecule has 8 heteroatoms. The number of pyridine rings is 1. The van der Waals surface area contributed by atoms with Crippen LogP contribution in [0.1, 0.15) is 55.6 Å². The van der Waals surface area contributed by atoms with Crippen LogP contribution < -0.4 is 10.2 Å². The molecule has 3 fully saturated rings. The highest BCUT2D eigenvalue weighted by Crippen LogP contribution is 2.41. The van der Waals surface area contributed by atoms with Crippen LogP contribution in [0.2, 0.25) is 0 Å². The molecule has 1 saturated carbocycles. The smallest absolute Gasteiger partial charge is 0.272 e. The van der Waals surface area contributed by atoms with Crippen LogP contribution >= 0.6 is 0 Å². The van der Waals surface area contributed by atoms with E-state index in [1.807, 2.05) is 21.9 Å². The molecule has 1 N–H and O–H groups in total. The molecule has 1 amide bonds. The minimum absolute atomic E-state index is 0.0918. The molecule has 6 rings (SSSR count). The Morgan fingerprint density at radius 2 is 1.83 bits per heavy atom. The van der Waals surface area contributed by atoms with Crippen LogP contribution in [0.25, 0.3) is 0 Å². The number of ether oxygens (including phenoxy) is 1. The van der Waals surface area contributed by atoms with Crippen molar-refractivity contribution in [2.24, 2.45) is 5.92 Å². The number of benzene rings is 1. The molecule has 0 radical (unpaired) electrons. The Labute approximate surface area is 204 Å². The van der Waals surface area contributed by atoms with Crippen molar-refractivity contribution in [2.45, 2.75) is 63.0 Å². The summed E-state index contributed by atoms with van der Waals surface area (Å²) < 4.78 is 32.2. The second-order valence-corrected chi connectivity index (χ2v) is 10.5. The number of rotatable bonds is 3. The summed E-state index contributed by atoms with van der Waals surface area (Å²) in [5.41, 5.74) is 4.03. The van der Waals surface area contributed by atoms with Gasteiger partial charge in [0.1, 0.15) is 5.82 Å². The van der Waals surface area contributed by atoms with Gasteiger partial charge >= 0.3 is 0 Å². The van der Waals surface area contributed by atoms with Gasteiger partial charge in [0.25, 0.3) is 5.92 Å². The average molecular weight is 483 g/mol. The summed E-state index contributed by atoms with van der Waals surface area (Å²) in [6.07, 6.45) is 6.81. The number of nitrogens with one attached hydrogen (secondary N) is 1. The number of anilines is 3. The van der Waals surface area contributed by atoms with Crippen LogP contribution in [-0.2, 0) is 16.1 Å². The standard InChI is InChI=1S/C27H32F2N4O2/c28-27(29)16-32(17-27)22-6-3-19(4-7-22)26(34)33-15-21-2-1-11-30-25(21)31-23-8-5-20(14-24(23)33)18-9-12-35-13-10-18/h1-2,5,8,11,14,18-19,22H,3-4,6-7,9-10,12-13,15-17H2,(H,30,31)/t19-,22+. The molecule has 0 bridgehead atoms. The first-order valence-electron chi connectivity index (χ1n) is 12.8. The highest BCUT2D eigenvalue weighted by molar-refractivity contribution is 5.99. The number of likely N-dealkylation sites (tertiary alicyclic amines) is 1. The fourth-order valence-electron chi connectivity index (χ4n) is 6.14. The predicted molar refractivity (Wildman–Crippen MR) is 130 cm³/mol. The van der Waals surface area contributed by atoms with Crippen molar-refractivity contribution in [1.82, 2.24) is 9.88 Å². The molecular formula is C27H32F2N4O2. The Bertz CT molecular complexity index is 1090. The van der Waals surface area contributed by atoms with E-state index in [-0.39, 0.29) is 31.0 Å². The van der Waals surface area contributed by atoms with Crippen molar-refractivity contribution in [1.29, 1.82) is 0 Å². The highest BCUT2D eigenvalue weighted by Gasteiger charge is 2.47. The fraction of sp³-hybridized carbons (Fsp3) is 0.556. The lowest BCUT2D eigenvalue weighted by molar-refractivity contribution is -0.152. The zero-order valence-electron chi connectivity index (χ0n) is 19.9. The van der Waals surface area contributed by atoms with E-state index in [4.69, 9.17) is 4.74 Å². The highest BCUT2D eigenvalue weighted by atomic mass is 19.3. The number of fused-ring (bicyclic) bond motifs is 2. The Kier molecular flexibility index (Phi) is 5.96. The van der Waals surface area contributed by atoms with Gasteiger partial charge in [-0.25, -0.2) is 13.8 Å². The normalized spacial score (nSPS) is 26.6. The average Bonchev–Trinajstić information content (AvgIpc) is 3.04. The van der Waals surface area contributed by atoms with Gasteiger partial charge in [0.15, 0.2) is 0 Å². The third-order valence-electron chi connectivity index (χ3n) is 8.18. The van der Waals surface area contributed by atoms with Crippen molar-refractivity contribution < 1.29 is 18.3 Å². The molecule has 1 aliphatic carbocycles. The number of aromatic nitrogens is 1.